The van der Waals surface area contributed by atoms with E-state index in [-0.39, 0.29) is 28.6 Å². The van der Waals surface area contributed by atoms with Crippen molar-refractivity contribution in [1.29, 1.82) is 0 Å². The first-order valence-electron chi connectivity index (χ1n) is 9.04. The SMILES string of the molecule is COc1cc(/C=C/C(=O)c2ccccc2)cc(C(=O)C=Cc2ccccc2)c1O. The summed E-state index contributed by atoms with van der Waals surface area (Å²) in [5.41, 5.74) is 2.11. The molecule has 144 valence electrons. The molecule has 0 aliphatic heterocycles. The highest BCUT2D eigenvalue weighted by Gasteiger charge is 2.15. The monoisotopic (exact) mass is 384 g/mol. The van der Waals surface area contributed by atoms with Gasteiger partial charge in [0, 0.05) is 5.56 Å². The van der Waals surface area contributed by atoms with E-state index in [9.17, 15) is 14.7 Å². The van der Waals surface area contributed by atoms with Crippen LogP contribution in [0.25, 0.3) is 12.2 Å². The molecule has 0 saturated heterocycles. The van der Waals surface area contributed by atoms with Crippen LogP contribution >= 0.6 is 0 Å². The Labute approximate surface area is 169 Å². The lowest BCUT2D eigenvalue weighted by Gasteiger charge is -2.09. The first-order valence-corrected chi connectivity index (χ1v) is 9.04. The first-order chi connectivity index (χ1) is 14.1. The second-order valence-electron chi connectivity index (χ2n) is 6.29. The number of hydrogen-bond acceptors (Lipinski definition) is 4. The number of ketones is 2. The fourth-order valence-electron chi connectivity index (χ4n) is 2.77. The highest BCUT2D eigenvalue weighted by Crippen LogP contribution is 2.32. The number of carbonyl (C=O) groups is 2. The molecule has 0 atom stereocenters. The van der Waals surface area contributed by atoms with Gasteiger partial charge in [-0.3, -0.25) is 9.59 Å². The molecule has 0 aliphatic rings. The fourth-order valence-corrected chi connectivity index (χ4v) is 2.77. The van der Waals surface area contributed by atoms with Crippen LogP contribution in [0.2, 0.25) is 0 Å². The minimum absolute atomic E-state index is 0.100. The molecule has 0 heterocycles. The average Bonchev–Trinajstić information content (AvgIpc) is 2.77. The summed E-state index contributed by atoms with van der Waals surface area (Å²) in [6.45, 7) is 0. The molecule has 0 radical (unpaired) electrons. The van der Waals surface area contributed by atoms with Crippen LogP contribution in [-0.4, -0.2) is 23.8 Å². The molecular weight excluding hydrogens is 364 g/mol. The number of hydrogen-bond donors (Lipinski definition) is 1. The zero-order chi connectivity index (χ0) is 20.6. The molecule has 0 aromatic heterocycles. The number of allylic oxidation sites excluding steroid dienone is 2. The van der Waals surface area contributed by atoms with Crippen LogP contribution in [0.4, 0.5) is 0 Å². The molecule has 0 saturated carbocycles. The molecule has 3 rings (SSSR count). The standard InChI is InChI=1S/C25H20O4/c1-29-24-17-19(13-14-22(26)20-10-6-3-7-11-20)16-21(25(24)28)23(27)15-12-18-8-4-2-5-9-18/h2-17,28H,1H3/b14-13+,15-12?. The van der Waals surface area contributed by atoms with E-state index in [4.69, 9.17) is 4.74 Å². The topological polar surface area (TPSA) is 63.6 Å². The van der Waals surface area contributed by atoms with Gasteiger partial charge in [0.1, 0.15) is 0 Å². The van der Waals surface area contributed by atoms with Crippen molar-refractivity contribution in [3.8, 4) is 11.5 Å². The van der Waals surface area contributed by atoms with Crippen LogP contribution < -0.4 is 4.74 Å². The third kappa shape index (κ3) is 5.08. The van der Waals surface area contributed by atoms with E-state index in [1.165, 1.54) is 25.3 Å². The van der Waals surface area contributed by atoms with Crippen molar-refractivity contribution in [3.63, 3.8) is 0 Å². The van der Waals surface area contributed by atoms with E-state index in [2.05, 4.69) is 0 Å². The van der Waals surface area contributed by atoms with Crippen molar-refractivity contribution >= 4 is 23.7 Å². The first kappa shape index (κ1) is 19.8. The van der Waals surface area contributed by atoms with Crippen molar-refractivity contribution in [3.05, 3.63) is 107 Å². The number of aromatic hydroxyl groups is 1. The predicted molar refractivity (Wildman–Crippen MR) is 114 cm³/mol. The lowest BCUT2D eigenvalue weighted by molar-refractivity contribution is 0.103. The molecule has 0 spiro atoms. The molecule has 4 nitrogen and oxygen atoms in total. The van der Waals surface area contributed by atoms with Gasteiger partial charge >= 0.3 is 0 Å². The molecule has 0 fully saturated rings. The third-order valence-corrected chi connectivity index (χ3v) is 4.29. The third-order valence-electron chi connectivity index (χ3n) is 4.29. The van der Waals surface area contributed by atoms with Gasteiger partial charge in [-0.15, -0.1) is 0 Å². The molecule has 0 bridgehead atoms. The molecule has 1 N–H and O–H groups in total. The highest BCUT2D eigenvalue weighted by atomic mass is 16.5. The van der Waals surface area contributed by atoms with Crippen LogP contribution in [0.3, 0.4) is 0 Å². The van der Waals surface area contributed by atoms with E-state index < -0.39 is 0 Å². The van der Waals surface area contributed by atoms with Crippen LogP contribution in [0.15, 0.2) is 84.9 Å². The van der Waals surface area contributed by atoms with Crippen molar-refractivity contribution in [1.82, 2.24) is 0 Å². The minimum atomic E-state index is -0.366. The average molecular weight is 384 g/mol. The van der Waals surface area contributed by atoms with Gasteiger partial charge in [0.05, 0.1) is 12.7 Å². The molecule has 4 heteroatoms. The van der Waals surface area contributed by atoms with Crippen molar-refractivity contribution in [2.75, 3.05) is 7.11 Å². The number of methoxy groups -OCH3 is 1. The molecular formula is C25H20O4. The fraction of sp³-hybridized carbons (Fsp3) is 0.0400. The molecule has 3 aromatic rings. The van der Waals surface area contributed by atoms with Gasteiger partial charge in [-0.2, -0.15) is 0 Å². The molecule has 29 heavy (non-hydrogen) atoms. The zero-order valence-electron chi connectivity index (χ0n) is 15.9. The summed E-state index contributed by atoms with van der Waals surface area (Å²) >= 11 is 0. The Balaban J connectivity index is 1.88. The summed E-state index contributed by atoms with van der Waals surface area (Å²) in [7, 11) is 1.41. The maximum absolute atomic E-state index is 12.6. The Hall–Kier alpha value is -3.92. The van der Waals surface area contributed by atoms with Crippen LogP contribution in [0.1, 0.15) is 31.8 Å². The minimum Gasteiger partial charge on any atom is -0.504 e. The summed E-state index contributed by atoms with van der Waals surface area (Å²) in [5, 5.41) is 10.4. The Morgan fingerprint density at radius 1 is 0.793 bits per heavy atom. The van der Waals surface area contributed by atoms with E-state index in [1.54, 1.807) is 42.5 Å². The van der Waals surface area contributed by atoms with Gasteiger partial charge in [0.2, 0.25) is 0 Å². The maximum Gasteiger partial charge on any atom is 0.189 e. The van der Waals surface area contributed by atoms with E-state index in [0.717, 1.165) is 5.56 Å². The smallest absolute Gasteiger partial charge is 0.189 e. The van der Waals surface area contributed by atoms with Gasteiger partial charge in [-0.1, -0.05) is 72.8 Å². The number of carbonyl (C=O) groups excluding carboxylic acids is 2. The number of phenols is 1. The van der Waals surface area contributed by atoms with E-state index in [0.29, 0.717) is 11.1 Å². The largest absolute Gasteiger partial charge is 0.504 e. The summed E-state index contributed by atoms with van der Waals surface area (Å²) in [6, 6.07) is 21.4. The quantitative estimate of drug-likeness (QED) is 0.450. The molecule has 3 aromatic carbocycles. The Morgan fingerprint density at radius 2 is 1.38 bits per heavy atom. The molecule has 0 unspecified atom stereocenters. The van der Waals surface area contributed by atoms with Crippen molar-refractivity contribution in [2.24, 2.45) is 0 Å². The lowest BCUT2D eigenvalue weighted by atomic mass is 10.0. The number of ether oxygens (including phenoxy) is 1. The van der Waals surface area contributed by atoms with Crippen molar-refractivity contribution in [2.45, 2.75) is 0 Å². The van der Waals surface area contributed by atoms with Gasteiger partial charge in [0.15, 0.2) is 23.1 Å². The van der Waals surface area contributed by atoms with Crippen LogP contribution in [0, 0.1) is 0 Å². The summed E-state index contributed by atoms with van der Waals surface area (Å²) in [5.74, 6) is -0.596. The number of rotatable bonds is 7. The zero-order valence-corrected chi connectivity index (χ0v) is 15.9. The second kappa shape index (κ2) is 9.33. The van der Waals surface area contributed by atoms with Gasteiger partial charge in [0.25, 0.3) is 0 Å². The predicted octanol–water partition coefficient (Wildman–Crippen LogP) is 5.19. The summed E-state index contributed by atoms with van der Waals surface area (Å²) < 4.78 is 5.19. The Bertz CT molecular complexity index is 1060. The van der Waals surface area contributed by atoms with Crippen LogP contribution in [0.5, 0.6) is 11.5 Å². The van der Waals surface area contributed by atoms with E-state index in [1.807, 2.05) is 36.4 Å². The summed E-state index contributed by atoms with van der Waals surface area (Å²) in [4.78, 5) is 24.9. The Morgan fingerprint density at radius 3 is 2.03 bits per heavy atom. The molecule has 0 amide bonds. The highest BCUT2D eigenvalue weighted by molar-refractivity contribution is 6.10. The number of phenolic OH excluding ortho intramolecular Hbond substituents is 1. The van der Waals surface area contributed by atoms with E-state index >= 15 is 0 Å². The van der Waals surface area contributed by atoms with Crippen LogP contribution in [-0.2, 0) is 0 Å². The van der Waals surface area contributed by atoms with Gasteiger partial charge < -0.3 is 9.84 Å². The normalized spacial score (nSPS) is 11.1. The summed E-state index contributed by atoms with van der Waals surface area (Å²) in [6.07, 6.45) is 6.09. The molecule has 0 aliphatic carbocycles. The van der Waals surface area contributed by atoms with Gasteiger partial charge in [-0.25, -0.2) is 0 Å². The number of benzene rings is 3. The lowest BCUT2D eigenvalue weighted by Crippen LogP contribution is -1.99. The van der Waals surface area contributed by atoms with Gasteiger partial charge in [-0.05, 0) is 35.4 Å². The Kier molecular flexibility index (Phi) is 6.38. The maximum atomic E-state index is 12.6. The van der Waals surface area contributed by atoms with Crippen molar-refractivity contribution < 1.29 is 19.4 Å². The second-order valence-corrected chi connectivity index (χ2v) is 6.29.